The Morgan fingerprint density at radius 3 is 2.52 bits per heavy atom. The van der Waals surface area contributed by atoms with E-state index < -0.39 is 0 Å². The van der Waals surface area contributed by atoms with E-state index in [4.69, 9.17) is 4.74 Å². The lowest BCUT2D eigenvalue weighted by molar-refractivity contribution is -0.123. The number of hydrogen-bond acceptors (Lipinski definition) is 4. The van der Waals surface area contributed by atoms with Crippen LogP contribution in [0.2, 0.25) is 0 Å². The number of para-hydroxylation sites is 1. The van der Waals surface area contributed by atoms with Crippen molar-refractivity contribution in [3.05, 3.63) is 70.4 Å². The van der Waals surface area contributed by atoms with Crippen LogP contribution in [0.4, 0.5) is 9.18 Å². The highest BCUT2D eigenvalue weighted by molar-refractivity contribution is 8.18. The average molecular weight is 385 g/mol. The summed E-state index contributed by atoms with van der Waals surface area (Å²) >= 11 is 0.901. The van der Waals surface area contributed by atoms with E-state index in [0.717, 1.165) is 17.3 Å². The minimum atomic E-state index is -0.356. The fraction of sp³-hybridized carbons (Fsp3) is 0.238. The van der Waals surface area contributed by atoms with Gasteiger partial charge in [-0.25, -0.2) is 4.39 Å². The number of thioether (sulfide) groups is 1. The van der Waals surface area contributed by atoms with Crippen molar-refractivity contribution in [3.63, 3.8) is 0 Å². The van der Waals surface area contributed by atoms with E-state index in [0.29, 0.717) is 28.7 Å². The minimum absolute atomic E-state index is 0.119. The van der Waals surface area contributed by atoms with Crippen LogP contribution in [0.15, 0.2) is 53.4 Å². The maximum absolute atomic E-state index is 13.0. The normalized spacial score (nSPS) is 15.9. The summed E-state index contributed by atoms with van der Waals surface area (Å²) < 4.78 is 18.8. The second kappa shape index (κ2) is 8.39. The molecule has 2 aromatic carbocycles. The molecule has 0 aromatic heterocycles. The summed E-state index contributed by atoms with van der Waals surface area (Å²) in [6.07, 6.45) is 1.69. The van der Waals surface area contributed by atoms with Crippen LogP contribution in [0.5, 0.6) is 5.75 Å². The highest BCUT2D eigenvalue weighted by Crippen LogP contribution is 2.34. The van der Waals surface area contributed by atoms with Gasteiger partial charge in [-0.2, -0.15) is 0 Å². The molecule has 2 aromatic rings. The van der Waals surface area contributed by atoms with E-state index in [9.17, 15) is 14.0 Å². The Morgan fingerprint density at radius 1 is 1.11 bits per heavy atom. The van der Waals surface area contributed by atoms with Crippen LogP contribution in [-0.4, -0.2) is 22.7 Å². The molecule has 0 bridgehead atoms. The summed E-state index contributed by atoms with van der Waals surface area (Å²) in [6.45, 7) is 4.80. The first-order valence-corrected chi connectivity index (χ1v) is 9.47. The highest BCUT2D eigenvalue weighted by Gasteiger charge is 2.35. The van der Waals surface area contributed by atoms with Gasteiger partial charge in [0.25, 0.3) is 11.1 Å². The third-order valence-electron chi connectivity index (χ3n) is 3.91. The van der Waals surface area contributed by atoms with Crippen LogP contribution >= 0.6 is 11.8 Å². The molecule has 0 saturated carbocycles. The molecule has 1 fully saturated rings. The van der Waals surface area contributed by atoms with E-state index in [1.165, 1.54) is 17.0 Å². The van der Waals surface area contributed by atoms with Crippen molar-refractivity contribution in [1.82, 2.24) is 4.90 Å². The van der Waals surface area contributed by atoms with Gasteiger partial charge in [0.1, 0.15) is 11.6 Å². The predicted octanol–water partition coefficient (Wildman–Crippen LogP) is 5.10. The Hall–Kier alpha value is -2.60. The van der Waals surface area contributed by atoms with Crippen molar-refractivity contribution in [3.8, 4) is 5.75 Å². The minimum Gasteiger partial charge on any atom is -0.493 e. The van der Waals surface area contributed by atoms with Gasteiger partial charge in [-0.3, -0.25) is 14.5 Å². The second-order valence-corrected chi connectivity index (χ2v) is 7.63. The van der Waals surface area contributed by atoms with Gasteiger partial charge < -0.3 is 4.74 Å². The standard InChI is InChI=1S/C21H20FNO3S/c1-14(2)13-26-18-6-4-3-5-16(18)11-19-20(24)23(21(25)27-19)12-15-7-9-17(22)10-8-15/h3-11,14H,12-13H2,1-2H3/b19-11+. The van der Waals surface area contributed by atoms with Gasteiger partial charge in [0, 0.05) is 5.56 Å². The van der Waals surface area contributed by atoms with Crippen LogP contribution in [0.1, 0.15) is 25.0 Å². The Balaban J connectivity index is 1.79. The van der Waals surface area contributed by atoms with Gasteiger partial charge >= 0.3 is 0 Å². The van der Waals surface area contributed by atoms with Gasteiger partial charge in [-0.1, -0.05) is 44.2 Å². The molecular formula is C21H20FNO3S. The lowest BCUT2D eigenvalue weighted by atomic mass is 10.1. The Labute approximate surface area is 162 Å². The summed E-state index contributed by atoms with van der Waals surface area (Å²) in [5.74, 6) is 0.344. The fourth-order valence-corrected chi connectivity index (χ4v) is 3.37. The molecule has 0 aliphatic carbocycles. The van der Waals surface area contributed by atoms with Crippen molar-refractivity contribution in [2.75, 3.05) is 6.61 Å². The SMILES string of the molecule is CC(C)COc1ccccc1/C=C1/SC(=O)N(Cc2ccc(F)cc2)C1=O. The molecule has 3 rings (SSSR count). The van der Waals surface area contributed by atoms with Crippen molar-refractivity contribution < 1.29 is 18.7 Å². The zero-order valence-corrected chi connectivity index (χ0v) is 16.0. The van der Waals surface area contributed by atoms with E-state index in [1.807, 2.05) is 24.3 Å². The molecule has 27 heavy (non-hydrogen) atoms. The Bertz CT molecular complexity index is 877. The molecule has 1 aliphatic heterocycles. The third-order valence-corrected chi connectivity index (χ3v) is 4.81. The Kier molecular flexibility index (Phi) is 5.96. The van der Waals surface area contributed by atoms with Gasteiger partial charge in [0.2, 0.25) is 0 Å². The van der Waals surface area contributed by atoms with Crippen LogP contribution in [0.25, 0.3) is 6.08 Å². The Morgan fingerprint density at radius 2 is 1.81 bits per heavy atom. The topological polar surface area (TPSA) is 46.6 Å². The first kappa shape index (κ1) is 19.2. The number of halogens is 1. The molecule has 4 nitrogen and oxygen atoms in total. The number of ether oxygens (including phenoxy) is 1. The average Bonchev–Trinajstić information content (AvgIpc) is 2.90. The number of hydrogen-bond donors (Lipinski definition) is 0. The number of carbonyl (C=O) groups excluding carboxylic acids is 2. The molecule has 1 aliphatic rings. The quantitative estimate of drug-likeness (QED) is 0.649. The van der Waals surface area contributed by atoms with E-state index >= 15 is 0 Å². The van der Waals surface area contributed by atoms with E-state index in [1.54, 1.807) is 18.2 Å². The van der Waals surface area contributed by atoms with Crippen molar-refractivity contribution in [2.24, 2.45) is 5.92 Å². The second-order valence-electron chi connectivity index (χ2n) is 6.64. The maximum atomic E-state index is 13.0. The molecule has 0 spiro atoms. The number of rotatable bonds is 6. The molecular weight excluding hydrogens is 365 g/mol. The van der Waals surface area contributed by atoms with Crippen molar-refractivity contribution in [1.29, 1.82) is 0 Å². The van der Waals surface area contributed by atoms with Crippen LogP contribution in [0, 0.1) is 11.7 Å². The molecule has 1 heterocycles. The van der Waals surface area contributed by atoms with Crippen molar-refractivity contribution in [2.45, 2.75) is 20.4 Å². The molecule has 140 valence electrons. The molecule has 1 saturated heterocycles. The molecule has 0 atom stereocenters. The zero-order valence-electron chi connectivity index (χ0n) is 15.1. The molecule has 2 amide bonds. The maximum Gasteiger partial charge on any atom is 0.293 e. The van der Waals surface area contributed by atoms with Crippen molar-refractivity contribution >= 4 is 29.0 Å². The third kappa shape index (κ3) is 4.77. The van der Waals surface area contributed by atoms with Gasteiger partial charge in [0.15, 0.2) is 0 Å². The number of amides is 2. The molecule has 0 unspecified atom stereocenters. The van der Waals surface area contributed by atoms with Gasteiger partial charge in [-0.05, 0) is 47.5 Å². The van der Waals surface area contributed by atoms with Crippen LogP contribution < -0.4 is 4.74 Å². The summed E-state index contributed by atoms with van der Waals surface area (Å²) in [7, 11) is 0. The summed E-state index contributed by atoms with van der Waals surface area (Å²) in [5.41, 5.74) is 1.45. The molecule has 0 radical (unpaired) electrons. The summed E-state index contributed by atoms with van der Waals surface area (Å²) in [5, 5.41) is -0.337. The zero-order chi connectivity index (χ0) is 19.4. The van der Waals surface area contributed by atoms with Crippen LogP contribution in [0.3, 0.4) is 0 Å². The van der Waals surface area contributed by atoms with Gasteiger partial charge in [-0.15, -0.1) is 0 Å². The van der Waals surface area contributed by atoms with E-state index in [2.05, 4.69) is 13.8 Å². The van der Waals surface area contributed by atoms with Gasteiger partial charge in [0.05, 0.1) is 18.1 Å². The summed E-state index contributed by atoms with van der Waals surface area (Å²) in [4.78, 5) is 26.5. The monoisotopic (exact) mass is 385 g/mol. The smallest absolute Gasteiger partial charge is 0.293 e. The fourth-order valence-electron chi connectivity index (χ4n) is 2.54. The first-order valence-electron chi connectivity index (χ1n) is 8.65. The number of imide groups is 1. The lowest BCUT2D eigenvalue weighted by Gasteiger charge is -2.12. The lowest BCUT2D eigenvalue weighted by Crippen LogP contribution is -2.27. The number of carbonyl (C=O) groups is 2. The predicted molar refractivity (Wildman–Crippen MR) is 105 cm³/mol. The largest absolute Gasteiger partial charge is 0.493 e. The molecule has 0 N–H and O–H groups in total. The number of benzene rings is 2. The van der Waals surface area contributed by atoms with Crippen LogP contribution in [-0.2, 0) is 11.3 Å². The number of nitrogens with zero attached hydrogens (tertiary/aromatic N) is 1. The molecule has 6 heteroatoms. The summed E-state index contributed by atoms with van der Waals surface area (Å²) in [6, 6.07) is 13.2. The first-order chi connectivity index (χ1) is 12.9. The highest BCUT2D eigenvalue weighted by atomic mass is 32.2. The van der Waals surface area contributed by atoms with E-state index in [-0.39, 0.29) is 23.5 Å².